The van der Waals surface area contributed by atoms with E-state index in [2.05, 4.69) is 21.2 Å². The van der Waals surface area contributed by atoms with Gasteiger partial charge in [0.15, 0.2) is 6.61 Å². The van der Waals surface area contributed by atoms with E-state index in [4.69, 9.17) is 4.74 Å². The fourth-order valence-corrected chi connectivity index (χ4v) is 4.03. The van der Waals surface area contributed by atoms with Gasteiger partial charge in [-0.2, -0.15) is 0 Å². The number of halogens is 2. The molecule has 0 heterocycles. The highest BCUT2D eigenvalue weighted by Crippen LogP contribution is 2.33. The highest BCUT2D eigenvalue weighted by Gasteiger charge is 2.28. The largest absolute Gasteiger partial charge is 0.483 e. The van der Waals surface area contributed by atoms with Crippen molar-refractivity contribution in [2.75, 3.05) is 13.7 Å². The van der Waals surface area contributed by atoms with Crippen molar-refractivity contribution in [3.05, 3.63) is 76.5 Å². The number of amides is 2. The van der Waals surface area contributed by atoms with E-state index >= 15 is 0 Å². The number of hydrogen-bond donors (Lipinski definition) is 1. The van der Waals surface area contributed by atoms with Gasteiger partial charge in [0.05, 0.1) is 4.47 Å². The molecule has 0 aliphatic carbocycles. The maximum absolute atomic E-state index is 13.3. The van der Waals surface area contributed by atoms with Crippen molar-refractivity contribution in [1.82, 2.24) is 10.2 Å². The maximum atomic E-state index is 13.3. The zero-order valence-electron chi connectivity index (χ0n) is 17.4. The Labute approximate surface area is 189 Å². The number of ether oxygens (including phenoxy) is 1. The molecule has 0 aliphatic heterocycles. The molecule has 0 spiro atoms. The number of benzene rings is 3. The molecule has 2 amide bonds. The Hall–Kier alpha value is -2.93. The monoisotopic (exact) mass is 486 g/mol. The number of carbonyl (C=O) groups excluding carboxylic acids is 2. The van der Waals surface area contributed by atoms with Crippen molar-refractivity contribution in [1.29, 1.82) is 0 Å². The predicted octanol–water partition coefficient (Wildman–Crippen LogP) is 4.67. The number of carbonyl (C=O) groups is 2. The molecule has 5 nitrogen and oxygen atoms in total. The van der Waals surface area contributed by atoms with Crippen LogP contribution in [-0.2, 0) is 16.1 Å². The SMILES string of the molecule is CC[C@@H](C(=O)NC)N(Cc1ccc(F)cc1)C(=O)COc1ccc2ccccc2c1Br. The first-order valence-corrected chi connectivity index (χ1v) is 10.8. The standard InChI is InChI=1S/C24H24BrFN2O3/c1-3-20(24(30)27-2)28(14-16-8-11-18(26)12-9-16)22(29)15-31-21-13-10-17-6-4-5-7-19(17)23(21)25/h4-13,20H,3,14-15H2,1-2H3,(H,27,30)/t20-/m0/s1. The van der Waals surface area contributed by atoms with Crippen molar-refractivity contribution in [3.8, 4) is 5.75 Å². The molecule has 1 N–H and O–H groups in total. The molecule has 0 unspecified atom stereocenters. The Bertz CT molecular complexity index is 1070. The van der Waals surface area contributed by atoms with Crippen LogP contribution in [0.4, 0.5) is 4.39 Å². The minimum absolute atomic E-state index is 0.174. The number of fused-ring (bicyclic) bond motifs is 1. The zero-order chi connectivity index (χ0) is 22.4. The van der Waals surface area contributed by atoms with Gasteiger partial charge in [-0.05, 0) is 56.9 Å². The summed E-state index contributed by atoms with van der Waals surface area (Å²) in [5.41, 5.74) is 0.726. The van der Waals surface area contributed by atoms with Crippen LogP contribution in [0.3, 0.4) is 0 Å². The van der Waals surface area contributed by atoms with Crippen molar-refractivity contribution < 1.29 is 18.7 Å². The number of rotatable bonds is 8. The van der Waals surface area contributed by atoms with Gasteiger partial charge in [-0.15, -0.1) is 0 Å². The molecule has 3 rings (SSSR count). The molecule has 3 aromatic carbocycles. The maximum Gasteiger partial charge on any atom is 0.261 e. The molecule has 0 radical (unpaired) electrons. The number of likely N-dealkylation sites (N-methyl/N-ethyl adjacent to an activating group) is 1. The molecule has 0 saturated heterocycles. The number of hydrogen-bond acceptors (Lipinski definition) is 3. The molecular weight excluding hydrogens is 463 g/mol. The van der Waals surface area contributed by atoms with Crippen molar-refractivity contribution >= 4 is 38.5 Å². The highest BCUT2D eigenvalue weighted by atomic mass is 79.9. The summed E-state index contributed by atoms with van der Waals surface area (Å²) in [6.07, 6.45) is 0.437. The van der Waals surface area contributed by atoms with Gasteiger partial charge in [-0.25, -0.2) is 4.39 Å². The van der Waals surface area contributed by atoms with Crippen LogP contribution in [0.25, 0.3) is 10.8 Å². The predicted molar refractivity (Wildman–Crippen MR) is 122 cm³/mol. The van der Waals surface area contributed by atoms with Crippen LogP contribution in [0, 0.1) is 5.82 Å². The molecule has 31 heavy (non-hydrogen) atoms. The highest BCUT2D eigenvalue weighted by molar-refractivity contribution is 9.10. The second-order valence-electron chi connectivity index (χ2n) is 7.07. The van der Waals surface area contributed by atoms with E-state index in [0.717, 1.165) is 20.8 Å². The summed E-state index contributed by atoms with van der Waals surface area (Å²) >= 11 is 3.56. The van der Waals surface area contributed by atoms with Gasteiger partial charge < -0.3 is 15.0 Å². The van der Waals surface area contributed by atoms with E-state index < -0.39 is 6.04 Å². The molecule has 1 atom stereocenters. The van der Waals surface area contributed by atoms with Crippen LogP contribution < -0.4 is 10.1 Å². The number of nitrogens with zero attached hydrogens (tertiary/aromatic N) is 1. The van der Waals surface area contributed by atoms with Crippen LogP contribution in [0.1, 0.15) is 18.9 Å². The van der Waals surface area contributed by atoms with Crippen molar-refractivity contribution in [3.63, 3.8) is 0 Å². The summed E-state index contributed by atoms with van der Waals surface area (Å²) in [6.45, 7) is 1.78. The van der Waals surface area contributed by atoms with E-state index in [1.165, 1.54) is 24.1 Å². The van der Waals surface area contributed by atoms with E-state index in [1.807, 2.05) is 37.3 Å². The quantitative estimate of drug-likeness (QED) is 0.503. The molecule has 3 aromatic rings. The Morgan fingerprint density at radius 3 is 2.48 bits per heavy atom. The topological polar surface area (TPSA) is 58.6 Å². The number of nitrogens with one attached hydrogen (secondary N) is 1. The van der Waals surface area contributed by atoms with E-state index in [0.29, 0.717) is 12.2 Å². The summed E-state index contributed by atoms with van der Waals surface area (Å²) < 4.78 is 19.9. The lowest BCUT2D eigenvalue weighted by atomic mass is 10.1. The van der Waals surface area contributed by atoms with Crippen LogP contribution >= 0.6 is 15.9 Å². The first-order chi connectivity index (χ1) is 14.9. The summed E-state index contributed by atoms with van der Waals surface area (Å²) in [5.74, 6) is -0.407. The minimum Gasteiger partial charge on any atom is -0.483 e. The fraction of sp³-hybridized carbons (Fsp3) is 0.250. The third kappa shape index (κ3) is 5.41. The third-order valence-electron chi connectivity index (χ3n) is 5.08. The lowest BCUT2D eigenvalue weighted by Gasteiger charge is -2.30. The molecular formula is C24H24BrFN2O3. The van der Waals surface area contributed by atoms with E-state index in [-0.39, 0.29) is 30.8 Å². The Kier molecular flexibility index (Phi) is 7.63. The molecule has 0 fully saturated rings. The lowest BCUT2D eigenvalue weighted by molar-refractivity contribution is -0.142. The summed E-state index contributed by atoms with van der Waals surface area (Å²) in [7, 11) is 1.54. The van der Waals surface area contributed by atoms with Gasteiger partial charge in [0.1, 0.15) is 17.6 Å². The average Bonchev–Trinajstić information content (AvgIpc) is 2.79. The molecule has 7 heteroatoms. The lowest BCUT2D eigenvalue weighted by Crippen LogP contribution is -2.49. The molecule has 0 aromatic heterocycles. The smallest absolute Gasteiger partial charge is 0.261 e. The average molecular weight is 487 g/mol. The minimum atomic E-state index is -0.661. The Balaban J connectivity index is 1.81. The second kappa shape index (κ2) is 10.4. The summed E-state index contributed by atoms with van der Waals surface area (Å²) in [4.78, 5) is 27.0. The second-order valence-corrected chi connectivity index (χ2v) is 7.87. The van der Waals surface area contributed by atoms with Crippen LogP contribution in [0.2, 0.25) is 0 Å². The first kappa shape index (κ1) is 22.7. The van der Waals surface area contributed by atoms with Gasteiger partial charge in [-0.1, -0.05) is 49.4 Å². The fourth-order valence-electron chi connectivity index (χ4n) is 3.42. The normalized spacial score (nSPS) is 11.7. The third-order valence-corrected chi connectivity index (χ3v) is 5.90. The molecule has 0 aliphatic rings. The van der Waals surface area contributed by atoms with Gasteiger partial charge in [0.2, 0.25) is 5.91 Å². The van der Waals surface area contributed by atoms with Gasteiger partial charge in [0, 0.05) is 13.6 Å². The van der Waals surface area contributed by atoms with Crippen LogP contribution in [0.5, 0.6) is 5.75 Å². The Morgan fingerprint density at radius 2 is 1.81 bits per heavy atom. The van der Waals surface area contributed by atoms with Crippen LogP contribution in [0.15, 0.2) is 65.1 Å². The van der Waals surface area contributed by atoms with Gasteiger partial charge in [0.25, 0.3) is 5.91 Å². The van der Waals surface area contributed by atoms with Crippen LogP contribution in [-0.4, -0.2) is 36.4 Å². The van der Waals surface area contributed by atoms with Crippen molar-refractivity contribution in [2.24, 2.45) is 0 Å². The van der Waals surface area contributed by atoms with Crippen molar-refractivity contribution in [2.45, 2.75) is 25.9 Å². The van der Waals surface area contributed by atoms with E-state index in [9.17, 15) is 14.0 Å². The zero-order valence-corrected chi connectivity index (χ0v) is 19.0. The summed E-state index contributed by atoms with van der Waals surface area (Å²) in [5, 5.41) is 4.64. The Morgan fingerprint density at radius 1 is 1.10 bits per heavy atom. The molecule has 0 saturated carbocycles. The van der Waals surface area contributed by atoms with E-state index in [1.54, 1.807) is 18.2 Å². The molecule has 0 bridgehead atoms. The van der Waals surface area contributed by atoms with Gasteiger partial charge >= 0.3 is 0 Å². The summed E-state index contributed by atoms with van der Waals surface area (Å²) in [6, 6.07) is 16.8. The first-order valence-electron chi connectivity index (χ1n) is 10.00. The molecule has 162 valence electrons. The van der Waals surface area contributed by atoms with Gasteiger partial charge in [-0.3, -0.25) is 9.59 Å².